The highest BCUT2D eigenvalue weighted by molar-refractivity contribution is 5.92. The Labute approximate surface area is 237 Å². The number of carbonyl (C=O) groups excluding carboxylic acids is 4. The number of carbonyl (C=O) groups is 4. The molecule has 2 N–H and O–H groups in total. The molecule has 3 rings (SSSR count). The molecule has 1 aliphatic rings. The molecule has 0 aromatic heterocycles. The fourth-order valence-electron chi connectivity index (χ4n) is 5.25. The first kappa shape index (κ1) is 30.9. The number of ether oxygens (including phenoxy) is 1. The van der Waals surface area contributed by atoms with Crippen LogP contribution in [0.25, 0.3) is 0 Å². The van der Waals surface area contributed by atoms with Crippen molar-refractivity contribution in [2.45, 2.75) is 96.5 Å². The Hall–Kier alpha value is -3.68. The molecule has 8 heteroatoms. The summed E-state index contributed by atoms with van der Waals surface area (Å²) in [5, 5.41) is 5.63. The Balaban J connectivity index is 1.79. The third-order valence-corrected chi connectivity index (χ3v) is 7.28. The van der Waals surface area contributed by atoms with Crippen LogP contribution < -0.4 is 10.6 Å². The maximum atomic E-state index is 14.0. The van der Waals surface area contributed by atoms with E-state index in [4.69, 9.17) is 4.74 Å². The van der Waals surface area contributed by atoms with Crippen molar-refractivity contribution in [1.29, 1.82) is 0 Å². The minimum Gasteiger partial charge on any atom is -0.445 e. The quantitative estimate of drug-likeness (QED) is 0.349. The molecule has 0 unspecified atom stereocenters. The highest BCUT2D eigenvalue weighted by Gasteiger charge is 2.36. The van der Waals surface area contributed by atoms with Gasteiger partial charge in [-0.25, -0.2) is 4.79 Å². The van der Waals surface area contributed by atoms with E-state index in [1.165, 1.54) is 0 Å². The van der Waals surface area contributed by atoms with Crippen LogP contribution >= 0.6 is 0 Å². The fourth-order valence-corrected chi connectivity index (χ4v) is 5.25. The number of benzene rings is 2. The normalized spacial score (nSPS) is 15.9. The van der Waals surface area contributed by atoms with E-state index in [0.29, 0.717) is 6.42 Å². The second-order valence-corrected chi connectivity index (χ2v) is 11.1. The van der Waals surface area contributed by atoms with Crippen LogP contribution in [0, 0.1) is 5.92 Å². The zero-order valence-corrected chi connectivity index (χ0v) is 23.9. The molecule has 0 spiro atoms. The molecule has 40 heavy (non-hydrogen) atoms. The van der Waals surface area contributed by atoms with Gasteiger partial charge in [0.25, 0.3) is 0 Å². The summed E-state index contributed by atoms with van der Waals surface area (Å²) in [5.74, 6) is -0.636. The number of aldehydes is 1. The van der Waals surface area contributed by atoms with E-state index in [2.05, 4.69) is 10.6 Å². The maximum Gasteiger partial charge on any atom is 0.408 e. The Morgan fingerprint density at radius 1 is 0.875 bits per heavy atom. The van der Waals surface area contributed by atoms with Crippen LogP contribution in [-0.2, 0) is 32.1 Å². The average Bonchev–Trinajstić information content (AvgIpc) is 2.96. The maximum absolute atomic E-state index is 14.0. The summed E-state index contributed by atoms with van der Waals surface area (Å²) >= 11 is 0. The SMILES string of the molecule is CC(C)C[C@H](NC(=O)OCc1ccccc1)C(=O)N[C@@H](Cc1ccccc1)C(=O)N(C1CCCCC1)[C@H](C)C=O. The van der Waals surface area contributed by atoms with Crippen molar-refractivity contribution in [3.63, 3.8) is 0 Å². The van der Waals surface area contributed by atoms with Crippen molar-refractivity contribution >= 4 is 24.2 Å². The molecule has 1 saturated carbocycles. The van der Waals surface area contributed by atoms with E-state index in [0.717, 1.165) is 49.5 Å². The summed E-state index contributed by atoms with van der Waals surface area (Å²) in [4.78, 5) is 53.8. The standard InChI is InChI=1S/C32H43N3O5/c1-23(2)19-28(34-32(39)40-22-26-15-9-5-10-16-26)30(37)33-29(20-25-13-7-4-8-14-25)31(38)35(24(3)21-36)27-17-11-6-12-18-27/h4-5,7-10,13-16,21,23-24,27-29H,6,11-12,17-20,22H2,1-3H3,(H,33,37)(H,34,39)/t24-,28+,29+/m1/s1. The number of nitrogens with one attached hydrogen (secondary N) is 2. The molecule has 1 fully saturated rings. The number of nitrogens with zero attached hydrogens (tertiary/aromatic N) is 1. The van der Waals surface area contributed by atoms with Gasteiger partial charge in [-0.05, 0) is 43.2 Å². The van der Waals surface area contributed by atoms with Crippen molar-refractivity contribution in [3.8, 4) is 0 Å². The summed E-state index contributed by atoms with van der Waals surface area (Å²) in [6.45, 7) is 5.73. The Morgan fingerprint density at radius 2 is 1.48 bits per heavy atom. The lowest BCUT2D eigenvalue weighted by molar-refractivity contribution is -0.143. The number of amides is 3. The van der Waals surface area contributed by atoms with Crippen LogP contribution in [-0.4, -0.2) is 53.3 Å². The van der Waals surface area contributed by atoms with Crippen molar-refractivity contribution in [3.05, 3.63) is 71.8 Å². The molecule has 0 radical (unpaired) electrons. The lowest BCUT2D eigenvalue weighted by Crippen LogP contribution is -2.59. The van der Waals surface area contributed by atoms with Gasteiger partial charge in [-0.3, -0.25) is 9.59 Å². The number of hydrogen-bond donors (Lipinski definition) is 2. The van der Waals surface area contributed by atoms with Crippen LogP contribution in [0.3, 0.4) is 0 Å². The predicted molar refractivity (Wildman–Crippen MR) is 154 cm³/mol. The lowest BCUT2D eigenvalue weighted by atomic mass is 9.92. The first-order chi connectivity index (χ1) is 19.3. The summed E-state index contributed by atoms with van der Waals surface area (Å²) < 4.78 is 5.36. The molecule has 216 valence electrons. The van der Waals surface area contributed by atoms with E-state index in [1.807, 2.05) is 74.5 Å². The van der Waals surface area contributed by atoms with Gasteiger partial charge in [0.2, 0.25) is 11.8 Å². The van der Waals surface area contributed by atoms with Crippen LogP contribution in [0.4, 0.5) is 4.79 Å². The third kappa shape index (κ3) is 9.50. The molecule has 0 saturated heterocycles. The first-order valence-corrected chi connectivity index (χ1v) is 14.4. The van der Waals surface area contributed by atoms with Crippen LogP contribution in [0.2, 0.25) is 0 Å². The lowest BCUT2D eigenvalue weighted by Gasteiger charge is -2.39. The van der Waals surface area contributed by atoms with E-state index >= 15 is 0 Å². The van der Waals surface area contributed by atoms with E-state index in [-0.39, 0.29) is 30.9 Å². The van der Waals surface area contributed by atoms with Gasteiger partial charge in [0.15, 0.2) is 0 Å². The van der Waals surface area contributed by atoms with Crippen molar-refractivity contribution < 1.29 is 23.9 Å². The summed E-state index contributed by atoms with van der Waals surface area (Å²) in [5.41, 5.74) is 1.72. The van der Waals surface area contributed by atoms with Gasteiger partial charge in [-0.2, -0.15) is 0 Å². The molecule has 0 heterocycles. The van der Waals surface area contributed by atoms with E-state index < -0.39 is 30.1 Å². The van der Waals surface area contributed by atoms with Gasteiger partial charge in [0.1, 0.15) is 25.0 Å². The van der Waals surface area contributed by atoms with Crippen LogP contribution in [0.15, 0.2) is 60.7 Å². The number of rotatable bonds is 13. The van der Waals surface area contributed by atoms with E-state index in [9.17, 15) is 19.2 Å². The molecule has 2 aromatic carbocycles. The van der Waals surface area contributed by atoms with Gasteiger partial charge in [-0.1, -0.05) is 93.8 Å². The summed E-state index contributed by atoms with van der Waals surface area (Å²) in [7, 11) is 0. The van der Waals surface area contributed by atoms with Gasteiger partial charge in [0.05, 0.1) is 6.04 Å². The highest BCUT2D eigenvalue weighted by atomic mass is 16.5. The monoisotopic (exact) mass is 549 g/mol. The van der Waals surface area contributed by atoms with Crippen molar-refractivity contribution in [1.82, 2.24) is 15.5 Å². The molecule has 0 bridgehead atoms. The van der Waals surface area contributed by atoms with Gasteiger partial charge in [-0.15, -0.1) is 0 Å². The summed E-state index contributed by atoms with van der Waals surface area (Å²) in [6.07, 6.45) is 5.52. The fraction of sp³-hybridized carbons (Fsp3) is 0.500. The third-order valence-electron chi connectivity index (χ3n) is 7.28. The number of hydrogen-bond acceptors (Lipinski definition) is 5. The molecule has 8 nitrogen and oxygen atoms in total. The average molecular weight is 550 g/mol. The molecule has 2 aromatic rings. The van der Waals surface area contributed by atoms with Gasteiger partial charge >= 0.3 is 6.09 Å². The minimum absolute atomic E-state index is 0.0471. The zero-order chi connectivity index (χ0) is 28.9. The molecule has 0 aliphatic heterocycles. The minimum atomic E-state index is -0.893. The topological polar surface area (TPSA) is 105 Å². The first-order valence-electron chi connectivity index (χ1n) is 14.4. The summed E-state index contributed by atoms with van der Waals surface area (Å²) in [6, 6.07) is 16.3. The van der Waals surface area contributed by atoms with Gasteiger partial charge < -0.3 is 25.1 Å². The second-order valence-electron chi connectivity index (χ2n) is 11.1. The highest BCUT2D eigenvalue weighted by Crippen LogP contribution is 2.25. The Kier molecular flexibility index (Phi) is 12.2. The second kappa shape index (κ2) is 15.8. The number of alkyl carbamates (subject to hydrolysis) is 1. The van der Waals surface area contributed by atoms with Gasteiger partial charge in [0, 0.05) is 12.5 Å². The molecule has 3 amide bonds. The Bertz CT molecular complexity index is 1090. The largest absolute Gasteiger partial charge is 0.445 e. The molecular formula is C32H43N3O5. The smallest absolute Gasteiger partial charge is 0.408 e. The molecule has 3 atom stereocenters. The van der Waals surface area contributed by atoms with E-state index in [1.54, 1.807) is 11.8 Å². The Morgan fingerprint density at radius 3 is 2.05 bits per heavy atom. The van der Waals surface area contributed by atoms with Crippen LogP contribution in [0.5, 0.6) is 0 Å². The van der Waals surface area contributed by atoms with Crippen molar-refractivity contribution in [2.75, 3.05) is 0 Å². The molecule has 1 aliphatic carbocycles. The zero-order valence-electron chi connectivity index (χ0n) is 23.9. The van der Waals surface area contributed by atoms with Crippen LogP contribution in [0.1, 0.15) is 70.4 Å². The van der Waals surface area contributed by atoms with Crippen molar-refractivity contribution in [2.24, 2.45) is 5.92 Å². The molecular weight excluding hydrogens is 506 g/mol. The predicted octanol–water partition coefficient (Wildman–Crippen LogP) is 4.80.